The number of hydrogen-bond acceptors (Lipinski definition) is 2. The van der Waals surface area contributed by atoms with E-state index in [4.69, 9.17) is 5.73 Å². The highest BCUT2D eigenvalue weighted by Gasteiger charge is 2.21. The molecular weight excluding hydrogens is 244 g/mol. The first-order valence-corrected chi connectivity index (χ1v) is 5.05. The van der Waals surface area contributed by atoms with Crippen molar-refractivity contribution in [3.05, 3.63) is 28.7 Å². The molecule has 4 heteroatoms. The van der Waals surface area contributed by atoms with E-state index in [0.717, 1.165) is 10.2 Å². The zero-order chi connectivity index (χ0) is 10.8. The van der Waals surface area contributed by atoms with Gasteiger partial charge in [0.25, 0.3) is 0 Å². The quantitative estimate of drug-likeness (QED) is 0.852. The van der Waals surface area contributed by atoms with Crippen molar-refractivity contribution in [3.63, 3.8) is 0 Å². The Morgan fingerprint density at radius 2 is 2.14 bits per heavy atom. The molecule has 14 heavy (non-hydrogen) atoms. The van der Waals surface area contributed by atoms with Crippen LogP contribution in [-0.4, -0.2) is 11.4 Å². The zero-order valence-corrected chi connectivity index (χ0v) is 9.76. The second-order valence-corrected chi connectivity index (χ2v) is 4.60. The number of halogens is 1. The number of nitrogens with two attached hydrogens (primary N) is 1. The average Bonchev–Trinajstić information content (AvgIpc) is 2.02. The van der Waals surface area contributed by atoms with Crippen molar-refractivity contribution >= 4 is 27.5 Å². The normalized spacial score (nSPS) is 11.1. The van der Waals surface area contributed by atoms with Crippen LogP contribution >= 0.6 is 15.9 Å². The number of hydrogen-bond donors (Lipinski definition) is 2. The number of benzene rings is 1. The van der Waals surface area contributed by atoms with Crippen molar-refractivity contribution in [2.75, 3.05) is 5.32 Å². The highest BCUT2D eigenvalue weighted by molar-refractivity contribution is 9.10. The summed E-state index contributed by atoms with van der Waals surface area (Å²) in [6.07, 6.45) is 0. The van der Waals surface area contributed by atoms with E-state index >= 15 is 0 Å². The summed E-state index contributed by atoms with van der Waals surface area (Å²) in [6.45, 7) is 3.33. The highest BCUT2D eigenvalue weighted by Crippen LogP contribution is 2.16. The summed E-state index contributed by atoms with van der Waals surface area (Å²) in [4.78, 5) is 11.5. The predicted octanol–water partition coefficient (Wildman–Crippen LogP) is 2.12. The second-order valence-electron chi connectivity index (χ2n) is 3.69. The summed E-state index contributed by atoms with van der Waals surface area (Å²) >= 11 is 3.32. The number of rotatable bonds is 2. The van der Waals surface area contributed by atoms with E-state index < -0.39 is 5.54 Å². The summed E-state index contributed by atoms with van der Waals surface area (Å²) in [6, 6.07) is 7.38. The molecule has 0 aromatic heterocycles. The van der Waals surface area contributed by atoms with Crippen molar-refractivity contribution in [2.24, 2.45) is 5.73 Å². The van der Waals surface area contributed by atoms with Gasteiger partial charge in [-0.15, -0.1) is 0 Å². The van der Waals surface area contributed by atoms with E-state index in [1.165, 1.54) is 0 Å². The lowest BCUT2D eigenvalue weighted by Crippen LogP contribution is -2.45. The SMILES string of the molecule is CC(C)(N)C(=O)Nc1cccc(Br)c1. The summed E-state index contributed by atoms with van der Waals surface area (Å²) in [5.41, 5.74) is 5.52. The molecule has 76 valence electrons. The third kappa shape index (κ3) is 3.12. The van der Waals surface area contributed by atoms with Crippen molar-refractivity contribution in [1.82, 2.24) is 0 Å². The van der Waals surface area contributed by atoms with Crippen LogP contribution in [-0.2, 0) is 4.79 Å². The van der Waals surface area contributed by atoms with Crippen LogP contribution in [0.3, 0.4) is 0 Å². The highest BCUT2D eigenvalue weighted by atomic mass is 79.9. The van der Waals surface area contributed by atoms with Gasteiger partial charge in [0.2, 0.25) is 5.91 Å². The molecular formula is C10H13BrN2O. The Bertz CT molecular complexity index is 344. The minimum atomic E-state index is -0.859. The first-order valence-electron chi connectivity index (χ1n) is 4.25. The molecule has 0 unspecified atom stereocenters. The molecule has 0 aliphatic heterocycles. The van der Waals surface area contributed by atoms with Crippen molar-refractivity contribution in [1.29, 1.82) is 0 Å². The van der Waals surface area contributed by atoms with Gasteiger partial charge in [0.05, 0.1) is 5.54 Å². The van der Waals surface area contributed by atoms with Crippen molar-refractivity contribution in [3.8, 4) is 0 Å². The molecule has 1 rings (SSSR count). The van der Waals surface area contributed by atoms with E-state index in [-0.39, 0.29) is 5.91 Å². The number of carbonyl (C=O) groups is 1. The molecule has 0 radical (unpaired) electrons. The summed E-state index contributed by atoms with van der Waals surface area (Å²) < 4.78 is 0.921. The number of carbonyl (C=O) groups excluding carboxylic acids is 1. The Morgan fingerprint density at radius 1 is 1.50 bits per heavy atom. The number of nitrogens with one attached hydrogen (secondary N) is 1. The number of amides is 1. The summed E-state index contributed by atoms with van der Waals surface area (Å²) in [5.74, 6) is -0.199. The molecule has 0 spiro atoms. The first kappa shape index (κ1) is 11.2. The molecule has 3 N–H and O–H groups in total. The van der Waals surface area contributed by atoms with Crippen LogP contribution in [0.4, 0.5) is 5.69 Å². The van der Waals surface area contributed by atoms with Crippen LogP contribution in [0.5, 0.6) is 0 Å². The van der Waals surface area contributed by atoms with Crippen LogP contribution in [0.15, 0.2) is 28.7 Å². The topological polar surface area (TPSA) is 55.1 Å². The summed E-state index contributed by atoms with van der Waals surface area (Å²) in [7, 11) is 0. The molecule has 1 aromatic rings. The molecule has 0 saturated carbocycles. The van der Waals surface area contributed by atoms with Crippen LogP contribution in [0.2, 0.25) is 0 Å². The second kappa shape index (κ2) is 4.11. The Morgan fingerprint density at radius 3 is 2.64 bits per heavy atom. The standard InChI is InChI=1S/C10H13BrN2O/c1-10(2,12)9(14)13-8-5-3-4-7(11)6-8/h3-6H,12H2,1-2H3,(H,13,14). The van der Waals surface area contributed by atoms with Gasteiger partial charge in [-0.3, -0.25) is 4.79 Å². The monoisotopic (exact) mass is 256 g/mol. The van der Waals surface area contributed by atoms with E-state index in [0.29, 0.717) is 0 Å². The van der Waals surface area contributed by atoms with Gasteiger partial charge in [0, 0.05) is 10.2 Å². The smallest absolute Gasteiger partial charge is 0.243 e. The molecule has 0 fully saturated rings. The molecule has 0 atom stereocenters. The third-order valence-electron chi connectivity index (χ3n) is 1.67. The van der Waals surface area contributed by atoms with Crippen molar-refractivity contribution in [2.45, 2.75) is 19.4 Å². The lowest BCUT2D eigenvalue weighted by molar-refractivity contribution is -0.120. The molecule has 1 aromatic carbocycles. The molecule has 1 amide bonds. The third-order valence-corrected chi connectivity index (χ3v) is 2.16. The molecule has 0 saturated heterocycles. The maximum atomic E-state index is 11.5. The van der Waals surface area contributed by atoms with Crippen LogP contribution in [0.1, 0.15) is 13.8 Å². The number of anilines is 1. The summed E-state index contributed by atoms with van der Waals surface area (Å²) in [5, 5.41) is 2.73. The first-order chi connectivity index (χ1) is 6.39. The Balaban J connectivity index is 2.75. The van der Waals surface area contributed by atoms with Crippen molar-refractivity contribution < 1.29 is 4.79 Å². The van der Waals surface area contributed by atoms with Gasteiger partial charge >= 0.3 is 0 Å². The van der Waals surface area contributed by atoms with Gasteiger partial charge in [-0.25, -0.2) is 0 Å². The molecule has 3 nitrogen and oxygen atoms in total. The predicted molar refractivity (Wildman–Crippen MR) is 61.0 cm³/mol. The van der Waals surface area contributed by atoms with Crippen LogP contribution in [0, 0.1) is 0 Å². The van der Waals surface area contributed by atoms with Crippen LogP contribution in [0.25, 0.3) is 0 Å². The minimum Gasteiger partial charge on any atom is -0.324 e. The van der Waals surface area contributed by atoms with Crippen LogP contribution < -0.4 is 11.1 Å². The molecule has 0 aliphatic carbocycles. The fourth-order valence-electron chi connectivity index (χ4n) is 0.858. The van der Waals surface area contributed by atoms with Gasteiger partial charge in [0.1, 0.15) is 0 Å². The molecule has 0 aliphatic rings. The van der Waals surface area contributed by atoms with E-state index in [2.05, 4.69) is 21.2 Å². The zero-order valence-electron chi connectivity index (χ0n) is 8.17. The Kier molecular flexibility index (Phi) is 3.29. The molecule has 0 bridgehead atoms. The maximum absolute atomic E-state index is 11.5. The fraction of sp³-hybridized carbons (Fsp3) is 0.300. The molecule has 0 heterocycles. The fourth-order valence-corrected chi connectivity index (χ4v) is 1.26. The minimum absolute atomic E-state index is 0.199. The Hall–Kier alpha value is -0.870. The lowest BCUT2D eigenvalue weighted by Gasteiger charge is -2.17. The van der Waals surface area contributed by atoms with E-state index in [1.54, 1.807) is 13.8 Å². The Labute approximate surface area is 91.8 Å². The van der Waals surface area contributed by atoms with Gasteiger partial charge in [0.15, 0.2) is 0 Å². The average molecular weight is 257 g/mol. The van der Waals surface area contributed by atoms with Gasteiger partial charge in [-0.05, 0) is 32.0 Å². The lowest BCUT2D eigenvalue weighted by atomic mass is 10.1. The van der Waals surface area contributed by atoms with Gasteiger partial charge in [-0.2, -0.15) is 0 Å². The van der Waals surface area contributed by atoms with E-state index in [1.807, 2.05) is 24.3 Å². The maximum Gasteiger partial charge on any atom is 0.243 e. The largest absolute Gasteiger partial charge is 0.324 e. The van der Waals surface area contributed by atoms with Gasteiger partial charge < -0.3 is 11.1 Å². The van der Waals surface area contributed by atoms with E-state index in [9.17, 15) is 4.79 Å². The van der Waals surface area contributed by atoms with Gasteiger partial charge in [-0.1, -0.05) is 22.0 Å².